The van der Waals surface area contributed by atoms with Crippen LogP contribution < -0.4 is 5.32 Å². The molecule has 0 bridgehead atoms. The van der Waals surface area contributed by atoms with E-state index in [1.807, 2.05) is 0 Å². The second-order valence-corrected chi connectivity index (χ2v) is 10.2. The van der Waals surface area contributed by atoms with Crippen LogP contribution >= 0.6 is 0 Å². The highest BCUT2D eigenvalue weighted by Crippen LogP contribution is 2.44. The van der Waals surface area contributed by atoms with Crippen LogP contribution in [0.2, 0.25) is 0 Å². The number of fused-ring (bicyclic) bond motifs is 1. The van der Waals surface area contributed by atoms with Gasteiger partial charge >= 0.3 is 0 Å². The van der Waals surface area contributed by atoms with Crippen molar-refractivity contribution in [1.82, 2.24) is 18.5 Å². The summed E-state index contributed by atoms with van der Waals surface area (Å²) in [6.45, 7) is 2.36. The van der Waals surface area contributed by atoms with Gasteiger partial charge in [-0.3, -0.25) is 4.79 Å². The molecule has 0 saturated carbocycles. The summed E-state index contributed by atoms with van der Waals surface area (Å²) in [7, 11) is -1.80. The highest BCUT2D eigenvalue weighted by atomic mass is 32.2. The van der Waals surface area contributed by atoms with E-state index in [0.29, 0.717) is 44.1 Å². The minimum absolute atomic E-state index is 0.0780. The van der Waals surface area contributed by atoms with Crippen LogP contribution in [0.25, 0.3) is 0 Å². The van der Waals surface area contributed by atoms with E-state index in [1.54, 1.807) is 34.6 Å². The van der Waals surface area contributed by atoms with Crippen molar-refractivity contribution in [1.29, 1.82) is 0 Å². The number of aliphatic hydroxyl groups excluding tert-OH is 1. The van der Waals surface area contributed by atoms with E-state index in [9.17, 15) is 18.3 Å². The number of hydrogen-bond donors (Lipinski definition) is 2. The van der Waals surface area contributed by atoms with Gasteiger partial charge in [0.15, 0.2) is 0 Å². The van der Waals surface area contributed by atoms with Gasteiger partial charge in [0.25, 0.3) is 16.1 Å². The van der Waals surface area contributed by atoms with Crippen LogP contribution in [0.3, 0.4) is 0 Å². The molecule has 2 unspecified atom stereocenters. The fraction of sp³-hybridized carbons (Fsp3) is 0.684. The van der Waals surface area contributed by atoms with Crippen LogP contribution in [0.5, 0.6) is 0 Å². The summed E-state index contributed by atoms with van der Waals surface area (Å²) in [4.78, 5) is 19.0. The number of anilines is 1. The minimum Gasteiger partial charge on any atom is -0.396 e. The van der Waals surface area contributed by atoms with Crippen LogP contribution in [0.1, 0.15) is 29.6 Å². The Morgan fingerprint density at radius 2 is 2.00 bits per heavy atom. The van der Waals surface area contributed by atoms with Crippen molar-refractivity contribution >= 4 is 21.9 Å². The molecular formula is C19H29N5O4S. The van der Waals surface area contributed by atoms with E-state index < -0.39 is 15.6 Å². The molecular weight excluding hydrogens is 394 g/mol. The van der Waals surface area contributed by atoms with Crippen molar-refractivity contribution in [3.8, 4) is 0 Å². The second-order valence-electron chi connectivity index (χ2n) is 8.31. The van der Waals surface area contributed by atoms with Gasteiger partial charge in [-0.1, -0.05) is 6.42 Å². The maximum atomic E-state index is 13.1. The van der Waals surface area contributed by atoms with Gasteiger partial charge in [0.05, 0.1) is 12.2 Å². The molecule has 1 amide bonds. The molecule has 3 aliphatic rings. The van der Waals surface area contributed by atoms with Crippen LogP contribution in [0, 0.1) is 11.3 Å². The number of hydrogen-bond acceptors (Lipinski definition) is 6. The monoisotopic (exact) mass is 423 g/mol. The zero-order valence-corrected chi connectivity index (χ0v) is 17.6. The molecule has 3 saturated heterocycles. The maximum Gasteiger partial charge on any atom is 0.282 e. The molecule has 3 aliphatic heterocycles. The number of rotatable bonds is 5. The van der Waals surface area contributed by atoms with Gasteiger partial charge < -0.3 is 15.3 Å². The molecule has 160 valence electrons. The van der Waals surface area contributed by atoms with Crippen LogP contribution in [-0.2, 0) is 10.2 Å². The highest BCUT2D eigenvalue weighted by molar-refractivity contribution is 7.86. The zero-order valence-electron chi connectivity index (χ0n) is 16.7. The van der Waals surface area contributed by atoms with Gasteiger partial charge in [0.1, 0.15) is 5.82 Å². The number of pyridine rings is 1. The largest absolute Gasteiger partial charge is 0.396 e. The first-order chi connectivity index (χ1) is 13.9. The zero-order chi connectivity index (χ0) is 20.6. The first-order valence-electron chi connectivity index (χ1n) is 10.2. The third kappa shape index (κ3) is 3.52. The van der Waals surface area contributed by atoms with Gasteiger partial charge in [0.2, 0.25) is 0 Å². The van der Waals surface area contributed by atoms with Crippen LogP contribution in [0.4, 0.5) is 5.82 Å². The number of carbonyl (C=O) groups is 1. The molecule has 4 heterocycles. The van der Waals surface area contributed by atoms with Crippen molar-refractivity contribution in [2.45, 2.75) is 19.3 Å². The Labute approximate surface area is 171 Å². The van der Waals surface area contributed by atoms with Crippen LogP contribution in [0.15, 0.2) is 18.3 Å². The summed E-state index contributed by atoms with van der Waals surface area (Å²) in [6, 6.07) is 3.45. The van der Waals surface area contributed by atoms with Crippen molar-refractivity contribution in [2.75, 3.05) is 58.2 Å². The normalized spacial score (nSPS) is 28.5. The summed E-state index contributed by atoms with van der Waals surface area (Å²) in [5.74, 6) is 0.294. The number of amides is 1. The number of likely N-dealkylation sites (tertiary alicyclic amines) is 1. The molecule has 0 spiro atoms. The smallest absolute Gasteiger partial charge is 0.282 e. The van der Waals surface area contributed by atoms with Gasteiger partial charge in [-0.05, 0) is 25.0 Å². The molecule has 29 heavy (non-hydrogen) atoms. The lowest BCUT2D eigenvalue weighted by Crippen LogP contribution is -2.47. The van der Waals surface area contributed by atoms with E-state index >= 15 is 0 Å². The molecule has 10 heteroatoms. The predicted molar refractivity (Wildman–Crippen MR) is 109 cm³/mol. The summed E-state index contributed by atoms with van der Waals surface area (Å²) in [6.07, 6.45) is 4.47. The average molecular weight is 424 g/mol. The number of piperidine rings is 1. The molecule has 0 aliphatic carbocycles. The van der Waals surface area contributed by atoms with E-state index in [4.69, 9.17) is 0 Å². The molecule has 1 aromatic heterocycles. The number of aromatic nitrogens is 1. The average Bonchev–Trinajstić information content (AvgIpc) is 3.29. The molecule has 4 rings (SSSR count). The fourth-order valence-electron chi connectivity index (χ4n) is 4.89. The summed E-state index contributed by atoms with van der Waals surface area (Å²) < 4.78 is 29.2. The SMILES string of the molecule is CNc1ncccc1C(=O)N1CC2CN(S(=O)(=O)N3CCCCC3)CC2(CO)C1. The Balaban J connectivity index is 1.51. The quantitative estimate of drug-likeness (QED) is 0.702. The van der Waals surface area contributed by atoms with Crippen molar-refractivity contribution in [2.24, 2.45) is 11.3 Å². The predicted octanol–water partition coefficient (Wildman–Crippen LogP) is 0.220. The lowest BCUT2D eigenvalue weighted by molar-refractivity contribution is 0.0736. The lowest BCUT2D eigenvalue weighted by Gasteiger charge is -2.32. The van der Waals surface area contributed by atoms with Gasteiger partial charge in [-0.2, -0.15) is 17.0 Å². The summed E-state index contributed by atoms with van der Waals surface area (Å²) in [5.41, 5.74) is -0.124. The van der Waals surface area contributed by atoms with Crippen molar-refractivity contribution in [3.05, 3.63) is 23.9 Å². The highest BCUT2D eigenvalue weighted by Gasteiger charge is 2.56. The molecule has 2 atom stereocenters. The van der Waals surface area contributed by atoms with E-state index in [1.165, 1.54) is 4.31 Å². The number of nitrogens with zero attached hydrogens (tertiary/aromatic N) is 4. The molecule has 2 N–H and O–H groups in total. The number of nitrogens with one attached hydrogen (secondary N) is 1. The van der Waals surface area contributed by atoms with Gasteiger partial charge in [-0.25, -0.2) is 4.98 Å². The van der Waals surface area contributed by atoms with Crippen molar-refractivity contribution in [3.63, 3.8) is 0 Å². The van der Waals surface area contributed by atoms with E-state index in [0.717, 1.165) is 19.3 Å². The molecule has 0 radical (unpaired) electrons. The topological polar surface area (TPSA) is 106 Å². The van der Waals surface area contributed by atoms with E-state index in [2.05, 4.69) is 10.3 Å². The minimum atomic E-state index is -3.52. The third-order valence-electron chi connectivity index (χ3n) is 6.57. The molecule has 1 aromatic rings. The number of aliphatic hydroxyl groups is 1. The number of carbonyl (C=O) groups excluding carboxylic acids is 1. The molecule has 9 nitrogen and oxygen atoms in total. The van der Waals surface area contributed by atoms with E-state index in [-0.39, 0.29) is 25.0 Å². The summed E-state index contributed by atoms with van der Waals surface area (Å²) in [5, 5.41) is 13.1. The Hall–Kier alpha value is -1.75. The van der Waals surface area contributed by atoms with Crippen LogP contribution in [-0.4, -0.2) is 90.8 Å². The standard InChI is InChI=1S/C19H29N5O4S/c1-20-17-16(6-5-7-21-17)18(26)22-10-15-11-24(13-19(15,12-22)14-25)29(27,28)23-8-3-2-4-9-23/h5-7,15,25H,2-4,8-14H2,1H3,(H,20,21). The first kappa shape index (κ1) is 20.5. The molecule has 0 aromatic carbocycles. The van der Waals surface area contributed by atoms with Crippen molar-refractivity contribution < 1.29 is 18.3 Å². The Bertz CT molecular complexity index is 873. The third-order valence-corrected chi connectivity index (χ3v) is 8.52. The first-order valence-corrected chi connectivity index (χ1v) is 11.6. The summed E-state index contributed by atoms with van der Waals surface area (Å²) >= 11 is 0. The Kier molecular flexibility index (Phi) is 5.54. The Morgan fingerprint density at radius 1 is 1.24 bits per heavy atom. The second kappa shape index (κ2) is 7.82. The van der Waals surface area contributed by atoms with Gasteiger partial charge in [0, 0.05) is 63.8 Å². The fourth-order valence-corrected chi connectivity index (χ4v) is 6.73. The maximum absolute atomic E-state index is 13.1. The molecule has 3 fully saturated rings. The van der Waals surface area contributed by atoms with Gasteiger partial charge in [-0.15, -0.1) is 0 Å². The lowest BCUT2D eigenvalue weighted by atomic mass is 9.82. The Morgan fingerprint density at radius 3 is 2.66 bits per heavy atom.